The summed E-state index contributed by atoms with van der Waals surface area (Å²) in [6.45, 7) is 1.03. The molecule has 152 valence electrons. The van der Waals surface area contributed by atoms with Crippen molar-refractivity contribution in [3.63, 3.8) is 0 Å². The van der Waals surface area contributed by atoms with Crippen molar-refractivity contribution in [3.8, 4) is 0 Å². The minimum absolute atomic E-state index is 0.219. The number of amides is 1. The SMILES string of the molecule is O=C(Nc1cc2sccc2s1)C1(CCC2NCCc3ccccc32)CCCCC1. The Kier molecular flexibility index (Phi) is 5.46. The van der Waals surface area contributed by atoms with Gasteiger partial charge in [-0.05, 0) is 67.3 Å². The first-order valence-corrected chi connectivity index (χ1v) is 12.5. The van der Waals surface area contributed by atoms with Gasteiger partial charge < -0.3 is 10.6 Å². The molecule has 3 nitrogen and oxygen atoms in total. The number of hydrogen-bond acceptors (Lipinski definition) is 4. The standard InChI is InChI=1S/C24H28N2OS2/c27-23(26-22-16-21-20(29-22)10-15-28-21)24(11-4-1-5-12-24)13-8-19-18-7-3-2-6-17(18)9-14-25-19/h2-3,6-7,10,15-16,19,25H,1,4-5,8-9,11-14H2,(H,26,27). The van der Waals surface area contributed by atoms with E-state index < -0.39 is 0 Å². The van der Waals surface area contributed by atoms with E-state index in [4.69, 9.17) is 0 Å². The second kappa shape index (κ2) is 8.21. The predicted molar refractivity (Wildman–Crippen MR) is 124 cm³/mol. The molecule has 1 fully saturated rings. The zero-order chi connectivity index (χ0) is 19.7. The molecule has 1 aromatic carbocycles. The van der Waals surface area contributed by atoms with Gasteiger partial charge in [0.2, 0.25) is 5.91 Å². The molecular formula is C24H28N2OS2. The molecule has 1 aliphatic heterocycles. The molecule has 3 heterocycles. The quantitative estimate of drug-likeness (QED) is 0.489. The Morgan fingerprint density at radius 1 is 1.14 bits per heavy atom. The Balaban J connectivity index is 1.33. The van der Waals surface area contributed by atoms with E-state index in [0.717, 1.165) is 43.6 Å². The Hall–Kier alpha value is -1.69. The van der Waals surface area contributed by atoms with Crippen molar-refractivity contribution < 1.29 is 4.79 Å². The Morgan fingerprint density at radius 3 is 2.86 bits per heavy atom. The van der Waals surface area contributed by atoms with E-state index in [-0.39, 0.29) is 11.3 Å². The van der Waals surface area contributed by atoms with Crippen molar-refractivity contribution in [3.05, 3.63) is 52.9 Å². The van der Waals surface area contributed by atoms with Crippen molar-refractivity contribution in [2.24, 2.45) is 5.41 Å². The number of nitrogens with one attached hydrogen (secondary N) is 2. The maximum atomic E-state index is 13.5. The normalized spacial score (nSPS) is 21.0. The molecule has 29 heavy (non-hydrogen) atoms. The van der Waals surface area contributed by atoms with Gasteiger partial charge in [-0.3, -0.25) is 4.79 Å². The van der Waals surface area contributed by atoms with Crippen molar-refractivity contribution in [2.75, 3.05) is 11.9 Å². The maximum Gasteiger partial charge on any atom is 0.231 e. The molecule has 2 N–H and O–H groups in total. The molecule has 3 aromatic rings. The highest BCUT2D eigenvalue weighted by Gasteiger charge is 2.40. The van der Waals surface area contributed by atoms with E-state index in [0.29, 0.717) is 6.04 Å². The molecule has 1 aliphatic carbocycles. The van der Waals surface area contributed by atoms with Crippen LogP contribution < -0.4 is 10.6 Å². The summed E-state index contributed by atoms with van der Waals surface area (Å²) in [6, 6.07) is 13.5. The Bertz CT molecular complexity index is 971. The fourth-order valence-corrected chi connectivity index (χ4v) is 7.17. The minimum Gasteiger partial charge on any atom is -0.317 e. The second-order valence-corrected chi connectivity index (χ2v) is 10.6. The third-order valence-electron chi connectivity index (χ3n) is 6.80. The van der Waals surface area contributed by atoms with Gasteiger partial charge in [-0.1, -0.05) is 43.5 Å². The number of benzene rings is 1. The van der Waals surface area contributed by atoms with Gasteiger partial charge in [0, 0.05) is 20.9 Å². The van der Waals surface area contributed by atoms with Gasteiger partial charge in [0.05, 0.1) is 5.00 Å². The van der Waals surface area contributed by atoms with Crippen LogP contribution in [0.25, 0.3) is 9.40 Å². The fraction of sp³-hybridized carbons (Fsp3) is 0.458. The zero-order valence-corrected chi connectivity index (χ0v) is 18.3. The molecule has 1 atom stereocenters. The average Bonchev–Trinajstić information content (AvgIpc) is 3.34. The molecule has 2 aromatic heterocycles. The summed E-state index contributed by atoms with van der Waals surface area (Å²) in [4.78, 5) is 13.5. The third kappa shape index (κ3) is 3.88. The van der Waals surface area contributed by atoms with E-state index >= 15 is 0 Å². The molecule has 1 saturated carbocycles. The molecular weight excluding hydrogens is 396 g/mol. The van der Waals surface area contributed by atoms with Crippen molar-refractivity contribution >= 4 is 43.0 Å². The first-order chi connectivity index (χ1) is 14.2. The van der Waals surface area contributed by atoms with E-state index in [2.05, 4.69) is 52.4 Å². The van der Waals surface area contributed by atoms with Crippen molar-refractivity contribution in [2.45, 2.75) is 57.4 Å². The summed E-state index contributed by atoms with van der Waals surface area (Å²) in [7, 11) is 0. The summed E-state index contributed by atoms with van der Waals surface area (Å²) in [5, 5.41) is 10.1. The summed E-state index contributed by atoms with van der Waals surface area (Å²) in [5.74, 6) is 0.246. The highest BCUT2D eigenvalue weighted by Crippen LogP contribution is 2.44. The van der Waals surface area contributed by atoms with Gasteiger partial charge in [-0.25, -0.2) is 0 Å². The molecule has 5 heteroatoms. The van der Waals surface area contributed by atoms with Crippen LogP contribution >= 0.6 is 22.7 Å². The van der Waals surface area contributed by atoms with Gasteiger partial charge in [0.15, 0.2) is 0 Å². The predicted octanol–water partition coefficient (Wildman–Crippen LogP) is 6.52. The van der Waals surface area contributed by atoms with Gasteiger partial charge in [0.1, 0.15) is 0 Å². The highest BCUT2D eigenvalue weighted by atomic mass is 32.1. The first-order valence-electron chi connectivity index (χ1n) is 10.8. The minimum atomic E-state index is -0.219. The smallest absolute Gasteiger partial charge is 0.231 e. The van der Waals surface area contributed by atoms with E-state index in [1.807, 2.05) is 0 Å². The summed E-state index contributed by atoms with van der Waals surface area (Å²) < 4.78 is 2.54. The number of hydrogen-bond donors (Lipinski definition) is 2. The molecule has 1 unspecified atom stereocenters. The molecule has 0 bridgehead atoms. The third-order valence-corrected chi connectivity index (χ3v) is 8.80. The summed E-state index contributed by atoms with van der Waals surface area (Å²) in [6.07, 6.45) is 8.74. The van der Waals surface area contributed by atoms with Crippen LogP contribution in [0.1, 0.15) is 62.1 Å². The second-order valence-electron chi connectivity index (χ2n) is 8.55. The number of carbonyl (C=O) groups is 1. The number of carbonyl (C=O) groups excluding carboxylic acids is 1. The van der Waals surface area contributed by atoms with Crippen molar-refractivity contribution in [1.82, 2.24) is 5.32 Å². The van der Waals surface area contributed by atoms with Crippen LogP contribution in [0, 0.1) is 5.41 Å². The van der Waals surface area contributed by atoms with Crippen LogP contribution in [0.3, 0.4) is 0 Å². The summed E-state index contributed by atoms with van der Waals surface area (Å²) >= 11 is 3.44. The van der Waals surface area contributed by atoms with Gasteiger partial charge in [0.25, 0.3) is 0 Å². The van der Waals surface area contributed by atoms with Gasteiger partial charge in [-0.2, -0.15) is 0 Å². The largest absolute Gasteiger partial charge is 0.317 e. The highest BCUT2D eigenvalue weighted by molar-refractivity contribution is 7.29. The molecule has 1 amide bonds. The van der Waals surface area contributed by atoms with Crippen LogP contribution in [-0.4, -0.2) is 12.5 Å². The topological polar surface area (TPSA) is 41.1 Å². The zero-order valence-electron chi connectivity index (χ0n) is 16.7. The number of anilines is 1. The average molecular weight is 425 g/mol. The van der Waals surface area contributed by atoms with E-state index in [9.17, 15) is 4.79 Å². The summed E-state index contributed by atoms with van der Waals surface area (Å²) in [5.41, 5.74) is 2.68. The lowest BCUT2D eigenvalue weighted by Crippen LogP contribution is -2.39. The maximum absolute atomic E-state index is 13.5. The van der Waals surface area contributed by atoms with Gasteiger partial charge >= 0.3 is 0 Å². The van der Waals surface area contributed by atoms with Gasteiger partial charge in [-0.15, -0.1) is 22.7 Å². The molecule has 2 aliphatic rings. The van der Waals surface area contributed by atoms with E-state index in [1.54, 1.807) is 22.7 Å². The van der Waals surface area contributed by atoms with Crippen molar-refractivity contribution in [1.29, 1.82) is 0 Å². The Labute approximate surface area is 180 Å². The lowest BCUT2D eigenvalue weighted by molar-refractivity contribution is -0.128. The molecule has 0 spiro atoms. The van der Waals surface area contributed by atoms with Crippen LogP contribution in [0.4, 0.5) is 5.00 Å². The van der Waals surface area contributed by atoms with E-state index in [1.165, 1.54) is 39.8 Å². The van der Waals surface area contributed by atoms with Crippen LogP contribution in [0.15, 0.2) is 41.8 Å². The lowest BCUT2D eigenvalue weighted by atomic mass is 9.69. The number of rotatable bonds is 5. The van der Waals surface area contributed by atoms with Crippen LogP contribution in [0.2, 0.25) is 0 Å². The number of thiophene rings is 2. The Morgan fingerprint density at radius 2 is 2.00 bits per heavy atom. The molecule has 0 radical (unpaired) electrons. The van der Waals surface area contributed by atoms with Crippen LogP contribution in [-0.2, 0) is 11.2 Å². The monoisotopic (exact) mass is 424 g/mol. The van der Waals surface area contributed by atoms with Crippen LogP contribution in [0.5, 0.6) is 0 Å². The molecule has 5 rings (SSSR count). The lowest BCUT2D eigenvalue weighted by Gasteiger charge is -2.37. The fourth-order valence-electron chi connectivity index (χ4n) is 5.16. The molecule has 0 saturated heterocycles. The first kappa shape index (κ1) is 19.3. The number of fused-ring (bicyclic) bond motifs is 2.